The molecule has 1 aromatic heterocycles. The van der Waals surface area contributed by atoms with Crippen molar-refractivity contribution in [1.29, 1.82) is 0 Å². The smallest absolute Gasteiger partial charge is 0.118 e. The fourth-order valence-electron chi connectivity index (χ4n) is 2.46. The first kappa shape index (κ1) is 15.6. The molecule has 0 aliphatic rings. The molecule has 2 aromatic rings. The van der Waals surface area contributed by atoms with Crippen molar-refractivity contribution in [2.24, 2.45) is 0 Å². The Labute approximate surface area is 127 Å². The van der Waals surface area contributed by atoms with Crippen LogP contribution in [0.3, 0.4) is 0 Å². The van der Waals surface area contributed by atoms with Gasteiger partial charge in [-0.1, -0.05) is 12.1 Å². The number of nitrogens with zero attached hydrogens (tertiary/aromatic N) is 2. The number of rotatable bonds is 7. The number of hydrogen-bond donors (Lipinski definition) is 1. The van der Waals surface area contributed by atoms with E-state index in [2.05, 4.69) is 47.1 Å². The predicted octanol–water partition coefficient (Wildman–Crippen LogP) is 3.25. The second kappa shape index (κ2) is 7.27. The molecule has 1 aromatic carbocycles. The first-order valence-electron chi connectivity index (χ1n) is 7.48. The van der Waals surface area contributed by atoms with Crippen molar-refractivity contribution in [1.82, 2.24) is 15.1 Å². The van der Waals surface area contributed by atoms with Crippen LogP contribution in [0.2, 0.25) is 0 Å². The highest BCUT2D eigenvalue weighted by atomic mass is 16.5. The van der Waals surface area contributed by atoms with Gasteiger partial charge in [-0.15, -0.1) is 0 Å². The van der Waals surface area contributed by atoms with Crippen molar-refractivity contribution < 1.29 is 4.74 Å². The highest BCUT2D eigenvalue weighted by Crippen LogP contribution is 2.17. The third kappa shape index (κ3) is 4.33. The highest BCUT2D eigenvalue weighted by molar-refractivity contribution is 5.28. The van der Waals surface area contributed by atoms with Crippen molar-refractivity contribution >= 4 is 0 Å². The second-order valence-electron chi connectivity index (χ2n) is 5.45. The summed E-state index contributed by atoms with van der Waals surface area (Å²) < 4.78 is 7.26. The number of methoxy groups -OCH3 is 1. The SMILES string of the molecule is COc1ccc(C(C)NCCCn2nc(C)cc2C)cc1. The summed E-state index contributed by atoms with van der Waals surface area (Å²) in [5, 5.41) is 8.03. The molecule has 0 radical (unpaired) electrons. The molecular formula is C17H25N3O. The Balaban J connectivity index is 1.76. The maximum atomic E-state index is 5.18. The van der Waals surface area contributed by atoms with Gasteiger partial charge in [-0.05, 0) is 57.5 Å². The van der Waals surface area contributed by atoms with E-state index in [1.165, 1.54) is 11.3 Å². The summed E-state index contributed by atoms with van der Waals surface area (Å²) >= 11 is 0. The molecule has 114 valence electrons. The first-order chi connectivity index (χ1) is 10.1. The molecule has 0 aliphatic carbocycles. The van der Waals surface area contributed by atoms with Crippen molar-refractivity contribution in [3.8, 4) is 5.75 Å². The molecule has 1 heterocycles. The van der Waals surface area contributed by atoms with E-state index >= 15 is 0 Å². The molecule has 0 saturated heterocycles. The standard InChI is InChI=1S/C17H25N3O/c1-13-12-14(2)20(19-13)11-5-10-18-15(3)16-6-8-17(21-4)9-7-16/h6-9,12,15,18H,5,10-11H2,1-4H3. The minimum atomic E-state index is 0.344. The summed E-state index contributed by atoms with van der Waals surface area (Å²) in [6, 6.07) is 10.7. The zero-order chi connectivity index (χ0) is 15.2. The summed E-state index contributed by atoms with van der Waals surface area (Å²) in [6.45, 7) is 8.26. The summed E-state index contributed by atoms with van der Waals surface area (Å²) in [6.07, 6.45) is 1.07. The molecule has 1 atom stereocenters. The summed E-state index contributed by atoms with van der Waals surface area (Å²) in [7, 11) is 1.69. The third-order valence-corrected chi connectivity index (χ3v) is 3.72. The van der Waals surface area contributed by atoms with Gasteiger partial charge in [0.2, 0.25) is 0 Å². The van der Waals surface area contributed by atoms with Crippen LogP contribution in [-0.2, 0) is 6.54 Å². The number of aromatic nitrogens is 2. The van der Waals surface area contributed by atoms with Crippen LogP contribution in [0, 0.1) is 13.8 Å². The van der Waals surface area contributed by atoms with Crippen molar-refractivity contribution in [2.45, 2.75) is 39.8 Å². The van der Waals surface area contributed by atoms with E-state index in [1.807, 2.05) is 19.1 Å². The molecule has 21 heavy (non-hydrogen) atoms. The molecule has 2 rings (SSSR count). The van der Waals surface area contributed by atoms with E-state index in [9.17, 15) is 0 Å². The van der Waals surface area contributed by atoms with Gasteiger partial charge in [-0.3, -0.25) is 4.68 Å². The number of hydrogen-bond acceptors (Lipinski definition) is 3. The average molecular weight is 287 g/mol. The van der Waals surface area contributed by atoms with Crippen molar-refractivity contribution in [2.75, 3.05) is 13.7 Å². The third-order valence-electron chi connectivity index (χ3n) is 3.72. The van der Waals surface area contributed by atoms with Gasteiger partial charge in [0.1, 0.15) is 5.75 Å². The fourth-order valence-corrected chi connectivity index (χ4v) is 2.46. The number of nitrogens with one attached hydrogen (secondary N) is 1. The van der Waals surface area contributed by atoms with Gasteiger partial charge in [0, 0.05) is 18.3 Å². The van der Waals surface area contributed by atoms with Crippen LogP contribution in [0.5, 0.6) is 5.75 Å². The lowest BCUT2D eigenvalue weighted by Gasteiger charge is -2.15. The minimum Gasteiger partial charge on any atom is -0.497 e. The Hall–Kier alpha value is -1.81. The van der Waals surface area contributed by atoms with Crippen LogP contribution in [-0.4, -0.2) is 23.4 Å². The van der Waals surface area contributed by atoms with Gasteiger partial charge in [-0.25, -0.2) is 0 Å². The Kier molecular flexibility index (Phi) is 5.39. The largest absolute Gasteiger partial charge is 0.497 e. The minimum absolute atomic E-state index is 0.344. The fraction of sp³-hybridized carbons (Fsp3) is 0.471. The van der Waals surface area contributed by atoms with Crippen LogP contribution in [0.25, 0.3) is 0 Å². The van der Waals surface area contributed by atoms with Crippen LogP contribution >= 0.6 is 0 Å². The predicted molar refractivity (Wildman–Crippen MR) is 85.7 cm³/mol. The molecule has 0 spiro atoms. The second-order valence-corrected chi connectivity index (χ2v) is 5.45. The first-order valence-corrected chi connectivity index (χ1v) is 7.48. The van der Waals surface area contributed by atoms with Crippen LogP contribution in [0.15, 0.2) is 30.3 Å². The molecule has 1 unspecified atom stereocenters. The molecule has 0 fully saturated rings. The Bertz CT molecular complexity index is 560. The monoisotopic (exact) mass is 287 g/mol. The Morgan fingerprint density at radius 1 is 1.24 bits per heavy atom. The maximum Gasteiger partial charge on any atom is 0.118 e. The normalized spacial score (nSPS) is 12.4. The van der Waals surface area contributed by atoms with Crippen molar-refractivity contribution in [3.05, 3.63) is 47.3 Å². The molecule has 0 amide bonds. The topological polar surface area (TPSA) is 39.1 Å². The molecule has 4 heteroatoms. The van der Waals surface area contributed by atoms with Gasteiger partial charge < -0.3 is 10.1 Å². The average Bonchev–Trinajstić information content (AvgIpc) is 2.81. The van der Waals surface area contributed by atoms with Gasteiger partial charge in [0.25, 0.3) is 0 Å². The van der Waals surface area contributed by atoms with E-state index in [1.54, 1.807) is 7.11 Å². The Morgan fingerprint density at radius 2 is 1.95 bits per heavy atom. The summed E-state index contributed by atoms with van der Waals surface area (Å²) in [4.78, 5) is 0. The lowest BCUT2D eigenvalue weighted by molar-refractivity contribution is 0.414. The van der Waals surface area contributed by atoms with E-state index in [4.69, 9.17) is 4.74 Å². The van der Waals surface area contributed by atoms with E-state index in [0.717, 1.165) is 31.0 Å². The summed E-state index contributed by atoms with van der Waals surface area (Å²) in [5.41, 5.74) is 3.60. The van der Waals surface area contributed by atoms with E-state index in [0.29, 0.717) is 6.04 Å². The van der Waals surface area contributed by atoms with Gasteiger partial charge in [0.05, 0.1) is 12.8 Å². The molecule has 0 aliphatic heterocycles. The summed E-state index contributed by atoms with van der Waals surface area (Å²) in [5.74, 6) is 0.899. The van der Waals surface area contributed by atoms with Crippen LogP contribution < -0.4 is 10.1 Å². The van der Waals surface area contributed by atoms with Gasteiger partial charge >= 0.3 is 0 Å². The van der Waals surface area contributed by atoms with Crippen LogP contribution in [0.4, 0.5) is 0 Å². The molecule has 0 bridgehead atoms. The molecule has 0 saturated carbocycles. The lowest BCUT2D eigenvalue weighted by Crippen LogP contribution is -2.21. The number of ether oxygens (including phenoxy) is 1. The maximum absolute atomic E-state index is 5.18. The molecule has 4 nitrogen and oxygen atoms in total. The Morgan fingerprint density at radius 3 is 2.52 bits per heavy atom. The van der Waals surface area contributed by atoms with Gasteiger partial charge in [0.15, 0.2) is 0 Å². The molecule has 1 N–H and O–H groups in total. The number of aryl methyl sites for hydroxylation is 3. The van der Waals surface area contributed by atoms with E-state index < -0.39 is 0 Å². The lowest BCUT2D eigenvalue weighted by atomic mass is 10.1. The number of benzene rings is 1. The van der Waals surface area contributed by atoms with Gasteiger partial charge in [-0.2, -0.15) is 5.10 Å². The molecular weight excluding hydrogens is 262 g/mol. The van der Waals surface area contributed by atoms with Crippen molar-refractivity contribution in [3.63, 3.8) is 0 Å². The van der Waals surface area contributed by atoms with Crippen LogP contribution in [0.1, 0.15) is 36.3 Å². The quantitative estimate of drug-likeness (QED) is 0.795. The highest BCUT2D eigenvalue weighted by Gasteiger charge is 2.05. The van der Waals surface area contributed by atoms with E-state index in [-0.39, 0.29) is 0 Å². The zero-order valence-electron chi connectivity index (χ0n) is 13.4. The zero-order valence-corrected chi connectivity index (χ0v) is 13.4.